The number of benzene rings is 2. The zero-order chi connectivity index (χ0) is 22.7. The van der Waals surface area contributed by atoms with Crippen molar-refractivity contribution < 1.29 is 13.2 Å². The van der Waals surface area contributed by atoms with Crippen LogP contribution in [0.2, 0.25) is 5.02 Å². The molecule has 1 N–H and O–H groups in total. The third kappa shape index (κ3) is 4.87. The quantitative estimate of drug-likeness (QED) is 0.619. The van der Waals surface area contributed by atoms with E-state index in [9.17, 15) is 13.2 Å². The summed E-state index contributed by atoms with van der Waals surface area (Å²) < 4.78 is 27.7. The van der Waals surface area contributed by atoms with Crippen LogP contribution in [0.15, 0.2) is 41.3 Å². The third-order valence-corrected chi connectivity index (χ3v) is 8.99. The van der Waals surface area contributed by atoms with E-state index in [0.29, 0.717) is 18.7 Å². The molecule has 1 saturated heterocycles. The van der Waals surface area contributed by atoms with Gasteiger partial charge in [-0.05, 0) is 79.8 Å². The molecule has 0 spiro atoms. The number of sulfonamides is 1. The third-order valence-electron chi connectivity index (χ3n) is 6.61. The van der Waals surface area contributed by atoms with Gasteiger partial charge in [0.2, 0.25) is 10.0 Å². The molecule has 0 saturated carbocycles. The zero-order valence-corrected chi connectivity index (χ0v) is 20.1. The summed E-state index contributed by atoms with van der Waals surface area (Å²) in [5.41, 5.74) is 4.19. The standard InChI is InChI=1S/C25H31ClN2O3S/c1-2-23(20-11-10-18-8-4-5-9-19(18)16-20)27-25(29)21-12-13-22(26)24(17-21)32(30,31)28-14-6-3-7-15-28/h10-13,16-17,23H,2-9,14-15H2,1H3,(H,27,29)/t23-/m1/s1. The Balaban J connectivity index is 1.56. The van der Waals surface area contributed by atoms with Crippen LogP contribution in [0.1, 0.15) is 78.5 Å². The molecule has 1 aliphatic carbocycles. The highest BCUT2D eigenvalue weighted by atomic mass is 35.5. The molecule has 1 amide bonds. The number of hydrogen-bond acceptors (Lipinski definition) is 3. The minimum absolute atomic E-state index is 0.00976. The first-order valence-electron chi connectivity index (χ1n) is 11.6. The summed E-state index contributed by atoms with van der Waals surface area (Å²) in [6.45, 7) is 3.02. The van der Waals surface area contributed by atoms with Crippen LogP contribution in [0.3, 0.4) is 0 Å². The number of aryl methyl sites for hydroxylation is 2. The normalized spacial score (nSPS) is 18.1. The molecule has 1 aliphatic heterocycles. The summed E-state index contributed by atoms with van der Waals surface area (Å²) in [7, 11) is -3.72. The summed E-state index contributed by atoms with van der Waals surface area (Å²) in [5.74, 6) is -0.290. The van der Waals surface area contributed by atoms with Crippen LogP contribution in [0.25, 0.3) is 0 Å². The minimum atomic E-state index is -3.72. The van der Waals surface area contributed by atoms with E-state index in [2.05, 4.69) is 23.5 Å². The Hall–Kier alpha value is -1.89. The molecule has 1 atom stereocenters. The van der Waals surface area contributed by atoms with E-state index >= 15 is 0 Å². The summed E-state index contributed by atoms with van der Waals surface area (Å²) >= 11 is 6.26. The molecule has 7 heteroatoms. The Bertz CT molecular complexity index is 1090. The number of fused-ring (bicyclic) bond motifs is 1. The van der Waals surface area contributed by atoms with Gasteiger partial charge in [-0.3, -0.25) is 4.79 Å². The van der Waals surface area contributed by atoms with Crippen molar-refractivity contribution in [3.05, 3.63) is 63.7 Å². The maximum absolute atomic E-state index is 13.1. The van der Waals surface area contributed by atoms with Crippen molar-refractivity contribution >= 4 is 27.5 Å². The lowest BCUT2D eigenvalue weighted by molar-refractivity contribution is 0.0935. The number of piperidine rings is 1. The number of hydrogen-bond donors (Lipinski definition) is 1. The van der Waals surface area contributed by atoms with E-state index < -0.39 is 10.0 Å². The summed E-state index contributed by atoms with van der Waals surface area (Å²) in [6, 6.07) is 10.9. The molecule has 172 valence electrons. The molecular weight excluding hydrogens is 444 g/mol. The highest BCUT2D eigenvalue weighted by Gasteiger charge is 2.29. The number of rotatable bonds is 6. The fourth-order valence-corrected chi connectivity index (χ4v) is 6.74. The average Bonchev–Trinajstić information content (AvgIpc) is 2.82. The maximum Gasteiger partial charge on any atom is 0.251 e. The van der Waals surface area contributed by atoms with Gasteiger partial charge in [0.1, 0.15) is 4.90 Å². The van der Waals surface area contributed by atoms with E-state index in [1.54, 1.807) is 6.07 Å². The van der Waals surface area contributed by atoms with Crippen LogP contribution in [0.4, 0.5) is 0 Å². The SMILES string of the molecule is CC[C@@H](NC(=O)c1ccc(Cl)c(S(=O)(=O)N2CCCCC2)c1)c1ccc2c(c1)CCCC2. The molecule has 32 heavy (non-hydrogen) atoms. The van der Waals surface area contributed by atoms with Crippen LogP contribution in [0, 0.1) is 0 Å². The lowest BCUT2D eigenvalue weighted by Gasteiger charge is -2.26. The van der Waals surface area contributed by atoms with E-state index in [1.807, 2.05) is 6.92 Å². The van der Waals surface area contributed by atoms with Gasteiger partial charge in [0, 0.05) is 18.7 Å². The zero-order valence-electron chi connectivity index (χ0n) is 18.6. The van der Waals surface area contributed by atoms with Gasteiger partial charge in [0.15, 0.2) is 0 Å². The molecule has 1 fully saturated rings. The second-order valence-electron chi connectivity index (χ2n) is 8.78. The van der Waals surface area contributed by atoms with E-state index in [1.165, 1.54) is 40.4 Å². The molecule has 2 aromatic rings. The molecule has 2 aromatic carbocycles. The van der Waals surface area contributed by atoms with Crippen LogP contribution < -0.4 is 5.32 Å². The Labute approximate surface area is 196 Å². The second kappa shape index (κ2) is 9.94. The summed E-state index contributed by atoms with van der Waals surface area (Å²) in [5, 5.41) is 3.24. The lowest BCUT2D eigenvalue weighted by atomic mass is 9.88. The number of nitrogens with one attached hydrogen (secondary N) is 1. The van der Waals surface area contributed by atoms with Gasteiger partial charge in [-0.2, -0.15) is 4.31 Å². The molecule has 2 aliphatic rings. The smallest absolute Gasteiger partial charge is 0.251 e. The highest BCUT2D eigenvalue weighted by Crippen LogP contribution is 2.29. The number of carbonyl (C=O) groups excluding carboxylic acids is 1. The van der Waals surface area contributed by atoms with Crippen molar-refractivity contribution in [2.45, 2.75) is 69.2 Å². The highest BCUT2D eigenvalue weighted by molar-refractivity contribution is 7.89. The fourth-order valence-electron chi connectivity index (χ4n) is 4.72. The number of nitrogens with zero attached hydrogens (tertiary/aromatic N) is 1. The lowest BCUT2D eigenvalue weighted by Crippen LogP contribution is -2.36. The second-order valence-corrected chi connectivity index (χ2v) is 11.1. The van der Waals surface area contributed by atoms with E-state index in [0.717, 1.165) is 44.1 Å². The molecule has 0 aromatic heterocycles. The van der Waals surface area contributed by atoms with Crippen molar-refractivity contribution in [2.75, 3.05) is 13.1 Å². The topological polar surface area (TPSA) is 66.5 Å². The number of carbonyl (C=O) groups is 1. The van der Waals surface area contributed by atoms with Gasteiger partial charge in [0.25, 0.3) is 5.91 Å². The van der Waals surface area contributed by atoms with Crippen molar-refractivity contribution in [3.63, 3.8) is 0 Å². The first-order chi connectivity index (χ1) is 15.4. The minimum Gasteiger partial charge on any atom is -0.345 e. The van der Waals surface area contributed by atoms with Crippen LogP contribution >= 0.6 is 11.6 Å². The first-order valence-corrected chi connectivity index (χ1v) is 13.4. The van der Waals surface area contributed by atoms with Crippen molar-refractivity contribution in [3.8, 4) is 0 Å². The summed E-state index contributed by atoms with van der Waals surface area (Å²) in [6.07, 6.45) is 8.12. The Morgan fingerprint density at radius 1 is 1.00 bits per heavy atom. The molecule has 1 heterocycles. The van der Waals surface area contributed by atoms with E-state index in [4.69, 9.17) is 11.6 Å². The molecule has 0 unspecified atom stereocenters. The molecule has 0 radical (unpaired) electrons. The van der Waals surface area contributed by atoms with Crippen LogP contribution in [-0.2, 0) is 22.9 Å². The molecular formula is C25H31ClN2O3S. The Kier molecular flexibility index (Phi) is 7.23. The van der Waals surface area contributed by atoms with Gasteiger partial charge in [0.05, 0.1) is 11.1 Å². The fraction of sp³-hybridized carbons (Fsp3) is 0.480. The van der Waals surface area contributed by atoms with Crippen LogP contribution in [0.5, 0.6) is 0 Å². The van der Waals surface area contributed by atoms with Crippen molar-refractivity contribution in [1.29, 1.82) is 0 Å². The Morgan fingerprint density at radius 3 is 2.44 bits per heavy atom. The van der Waals surface area contributed by atoms with E-state index in [-0.39, 0.29) is 21.9 Å². The van der Waals surface area contributed by atoms with Crippen molar-refractivity contribution in [1.82, 2.24) is 9.62 Å². The predicted octanol–water partition coefficient (Wildman–Crippen LogP) is 5.27. The van der Waals surface area contributed by atoms with Crippen molar-refractivity contribution in [2.24, 2.45) is 0 Å². The van der Waals surface area contributed by atoms with Gasteiger partial charge in [-0.15, -0.1) is 0 Å². The largest absolute Gasteiger partial charge is 0.345 e. The molecule has 0 bridgehead atoms. The number of halogens is 1. The van der Waals surface area contributed by atoms with Gasteiger partial charge in [-0.1, -0.05) is 43.1 Å². The average molecular weight is 475 g/mol. The molecule has 4 rings (SSSR count). The first kappa shape index (κ1) is 23.3. The summed E-state index contributed by atoms with van der Waals surface area (Å²) in [4.78, 5) is 13.1. The molecule has 5 nitrogen and oxygen atoms in total. The monoisotopic (exact) mass is 474 g/mol. The maximum atomic E-state index is 13.1. The van der Waals surface area contributed by atoms with Crippen LogP contribution in [-0.4, -0.2) is 31.7 Å². The number of amides is 1. The predicted molar refractivity (Wildman–Crippen MR) is 128 cm³/mol. The Morgan fingerprint density at radius 2 is 1.72 bits per heavy atom. The van der Waals surface area contributed by atoms with Gasteiger partial charge in [-0.25, -0.2) is 8.42 Å². The van der Waals surface area contributed by atoms with Gasteiger partial charge < -0.3 is 5.32 Å². The van der Waals surface area contributed by atoms with Gasteiger partial charge >= 0.3 is 0 Å².